The smallest absolute Gasteiger partial charge is 0.261 e. The molecule has 0 bridgehead atoms. The Morgan fingerprint density at radius 3 is 2.63 bits per heavy atom. The number of benzene rings is 1. The first-order valence-corrected chi connectivity index (χ1v) is 9.46. The van der Waals surface area contributed by atoms with Crippen LogP contribution in [0.25, 0.3) is 16.9 Å². The molecule has 1 N–H and O–H groups in total. The third kappa shape index (κ3) is 3.46. The average Bonchev–Trinajstić information content (AvgIpc) is 3.28. The third-order valence-corrected chi connectivity index (χ3v) is 5.50. The molecule has 1 amide bonds. The highest BCUT2D eigenvalue weighted by Gasteiger charge is 2.12. The molecule has 6 nitrogen and oxygen atoms in total. The van der Waals surface area contributed by atoms with E-state index in [-0.39, 0.29) is 12.5 Å². The highest BCUT2D eigenvalue weighted by atomic mass is 32.1. The number of carbonyl (C=O) groups excluding carboxylic acids is 1. The summed E-state index contributed by atoms with van der Waals surface area (Å²) in [5.41, 5.74) is 5.00. The van der Waals surface area contributed by atoms with Gasteiger partial charge in [0.1, 0.15) is 0 Å². The maximum Gasteiger partial charge on any atom is 0.261 e. The van der Waals surface area contributed by atoms with Gasteiger partial charge in [0, 0.05) is 10.4 Å². The number of hydrogen-bond acceptors (Lipinski definition) is 5. The van der Waals surface area contributed by atoms with E-state index in [0.717, 1.165) is 16.1 Å². The molecule has 0 spiro atoms. The van der Waals surface area contributed by atoms with Crippen LogP contribution < -0.4 is 5.32 Å². The van der Waals surface area contributed by atoms with Crippen LogP contribution in [0.4, 0.5) is 0 Å². The molecule has 0 radical (unpaired) electrons. The lowest BCUT2D eigenvalue weighted by molar-refractivity contribution is 0.0953. The van der Waals surface area contributed by atoms with Crippen LogP contribution >= 0.6 is 11.3 Å². The van der Waals surface area contributed by atoms with Crippen molar-refractivity contribution in [1.29, 1.82) is 0 Å². The fourth-order valence-electron chi connectivity index (χ4n) is 2.80. The lowest BCUT2D eigenvalue weighted by Crippen LogP contribution is -2.23. The van der Waals surface area contributed by atoms with E-state index in [1.165, 1.54) is 22.5 Å². The van der Waals surface area contributed by atoms with E-state index in [0.29, 0.717) is 16.3 Å². The third-order valence-electron chi connectivity index (χ3n) is 4.50. The van der Waals surface area contributed by atoms with Crippen LogP contribution in [0, 0.1) is 20.8 Å². The molecule has 0 unspecified atom stereocenters. The SMILES string of the molecule is Cc1ccc(C(=O)NCc2nnc3ccc(-c4ccc(C)c(C)c4)nn23)s1. The minimum Gasteiger partial charge on any atom is -0.344 e. The van der Waals surface area contributed by atoms with Gasteiger partial charge in [-0.15, -0.1) is 21.5 Å². The Kier molecular flexibility index (Phi) is 4.45. The molecule has 27 heavy (non-hydrogen) atoms. The van der Waals surface area contributed by atoms with E-state index in [1.54, 1.807) is 4.52 Å². The average molecular weight is 377 g/mol. The molecule has 4 aromatic rings. The van der Waals surface area contributed by atoms with Crippen molar-refractivity contribution in [2.75, 3.05) is 0 Å². The van der Waals surface area contributed by atoms with Gasteiger partial charge < -0.3 is 5.32 Å². The molecule has 4 rings (SSSR count). The van der Waals surface area contributed by atoms with Gasteiger partial charge in [-0.1, -0.05) is 12.1 Å². The summed E-state index contributed by atoms with van der Waals surface area (Å²) in [5.74, 6) is 0.479. The lowest BCUT2D eigenvalue weighted by atomic mass is 10.0. The van der Waals surface area contributed by atoms with Crippen LogP contribution in [-0.2, 0) is 6.54 Å². The van der Waals surface area contributed by atoms with Crippen molar-refractivity contribution >= 4 is 22.9 Å². The van der Waals surface area contributed by atoms with Crippen molar-refractivity contribution in [3.05, 3.63) is 69.2 Å². The molecule has 7 heteroatoms. The Hall–Kier alpha value is -3.06. The lowest BCUT2D eigenvalue weighted by Gasteiger charge is -2.06. The molecule has 3 heterocycles. The second-order valence-electron chi connectivity index (χ2n) is 6.50. The predicted molar refractivity (Wildman–Crippen MR) is 106 cm³/mol. The molecular formula is C20H19N5OS. The van der Waals surface area contributed by atoms with Gasteiger partial charge in [0.25, 0.3) is 5.91 Å². The molecule has 0 aliphatic carbocycles. The molecule has 0 aliphatic heterocycles. The van der Waals surface area contributed by atoms with Crippen molar-refractivity contribution in [1.82, 2.24) is 25.1 Å². The molecule has 0 atom stereocenters. The predicted octanol–water partition coefficient (Wildman–Crippen LogP) is 3.71. The summed E-state index contributed by atoms with van der Waals surface area (Å²) in [7, 11) is 0. The molecular weight excluding hydrogens is 358 g/mol. The number of rotatable bonds is 4. The molecule has 136 valence electrons. The van der Waals surface area contributed by atoms with Crippen LogP contribution in [0.2, 0.25) is 0 Å². The van der Waals surface area contributed by atoms with Crippen LogP contribution in [0.15, 0.2) is 42.5 Å². The monoisotopic (exact) mass is 377 g/mol. The van der Waals surface area contributed by atoms with Crippen molar-refractivity contribution < 1.29 is 4.79 Å². The fraction of sp³-hybridized carbons (Fsp3) is 0.200. The molecule has 0 fully saturated rings. The Bertz CT molecular complexity index is 1140. The summed E-state index contributed by atoms with van der Waals surface area (Å²) < 4.78 is 1.68. The molecule has 1 aromatic carbocycles. The largest absolute Gasteiger partial charge is 0.344 e. The van der Waals surface area contributed by atoms with Gasteiger partial charge in [0.05, 0.1) is 17.1 Å². The Morgan fingerprint density at radius 2 is 1.89 bits per heavy atom. The van der Waals surface area contributed by atoms with Gasteiger partial charge >= 0.3 is 0 Å². The Labute approximate surface area is 160 Å². The normalized spacial score (nSPS) is 11.1. The van der Waals surface area contributed by atoms with E-state index < -0.39 is 0 Å². The number of carbonyl (C=O) groups is 1. The van der Waals surface area contributed by atoms with Gasteiger partial charge in [-0.3, -0.25) is 4.79 Å². The second-order valence-corrected chi connectivity index (χ2v) is 7.78. The molecule has 0 aliphatic rings. The van der Waals surface area contributed by atoms with Gasteiger partial charge in [-0.2, -0.15) is 9.61 Å². The quantitative estimate of drug-likeness (QED) is 0.588. The standard InChI is InChI=1S/C20H19N5OS/c1-12-4-6-15(10-13(12)2)16-7-9-18-22-23-19(25(18)24-16)11-21-20(26)17-8-5-14(3)27-17/h4-10H,11H2,1-3H3,(H,21,26). The number of aromatic nitrogens is 4. The van der Waals surface area contributed by atoms with Crippen LogP contribution in [0.3, 0.4) is 0 Å². The van der Waals surface area contributed by atoms with E-state index in [4.69, 9.17) is 0 Å². The number of nitrogens with one attached hydrogen (secondary N) is 1. The van der Waals surface area contributed by atoms with Gasteiger partial charge in [0.2, 0.25) is 0 Å². The number of amides is 1. The molecule has 3 aromatic heterocycles. The summed E-state index contributed by atoms with van der Waals surface area (Å²) in [6.45, 7) is 6.42. The van der Waals surface area contributed by atoms with Crippen LogP contribution in [-0.4, -0.2) is 25.7 Å². The highest BCUT2D eigenvalue weighted by molar-refractivity contribution is 7.13. The Balaban J connectivity index is 1.60. The summed E-state index contributed by atoms with van der Waals surface area (Å²) in [4.78, 5) is 14.1. The molecule has 0 saturated heterocycles. The Morgan fingerprint density at radius 1 is 1.04 bits per heavy atom. The summed E-state index contributed by atoms with van der Waals surface area (Å²) in [6.07, 6.45) is 0. The van der Waals surface area contributed by atoms with E-state index >= 15 is 0 Å². The zero-order valence-corrected chi connectivity index (χ0v) is 16.2. The second kappa shape index (κ2) is 6.92. The fourth-order valence-corrected chi connectivity index (χ4v) is 3.59. The number of hydrogen-bond donors (Lipinski definition) is 1. The number of fused-ring (bicyclic) bond motifs is 1. The van der Waals surface area contributed by atoms with E-state index in [1.807, 2.05) is 31.2 Å². The zero-order chi connectivity index (χ0) is 19.0. The van der Waals surface area contributed by atoms with Crippen LogP contribution in [0.5, 0.6) is 0 Å². The summed E-state index contributed by atoms with van der Waals surface area (Å²) in [5, 5.41) is 15.9. The zero-order valence-electron chi connectivity index (χ0n) is 15.4. The summed E-state index contributed by atoms with van der Waals surface area (Å²) in [6, 6.07) is 13.9. The van der Waals surface area contributed by atoms with Crippen molar-refractivity contribution in [3.8, 4) is 11.3 Å². The van der Waals surface area contributed by atoms with Crippen molar-refractivity contribution in [2.45, 2.75) is 27.3 Å². The van der Waals surface area contributed by atoms with E-state index in [2.05, 4.69) is 52.7 Å². The number of thiophene rings is 1. The minimum absolute atomic E-state index is 0.116. The number of nitrogens with zero attached hydrogens (tertiary/aromatic N) is 4. The minimum atomic E-state index is -0.116. The first-order valence-electron chi connectivity index (χ1n) is 8.65. The maximum absolute atomic E-state index is 12.3. The van der Waals surface area contributed by atoms with Crippen molar-refractivity contribution in [2.24, 2.45) is 0 Å². The van der Waals surface area contributed by atoms with Gasteiger partial charge in [-0.25, -0.2) is 0 Å². The number of aryl methyl sites for hydroxylation is 3. The van der Waals surface area contributed by atoms with E-state index in [9.17, 15) is 4.79 Å². The highest BCUT2D eigenvalue weighted by Crippen LogP contribution is 2.21. The topological polar surface area (TPSA) is 72.2 Å². The first-order chi connectivity index (χ1) is 13.0. The van der Waals surface area contributed by atoms with Gasteiger partial charge in [-0.05, 0) is 62.2 Å². The summed E-state index contributed by atoms with van der Waals surface area (Å²) >= 11 is 1.47. The first kappa shape index (κ1) is 17.4. The van der Waals surface area contributed by atoms with Gasteiger partial charge in [0.15, 0.2) is 11.5 Å². The maximum atomic E-state index is 12.3. The molecule has 0 saturated carbocycles. The van der Waals surface area contributed by atoms with Crippen molar-refractivity contribution in [3.63, 3.8) is 0 Å². The van der Waals surface area contributed by atoms with Crippen LogP contribution in [0.1, 0.15) is 31.5 Å².